The number of allylic oxidation sites excluding steroid dienone is 2. The van der Waals surface area contributed by atoms with Crippen molar-refractivity contribution in [3.05, 3.63) is 102 Å². The summed E-state index contributed by atoms with van der Waals surface area (Å²) in [5.74, 6) is 0.678. The molecule has 0 atom stereocenters. The Hall–Kier alpha value is -4.45. The number of nitrogens with one attached hydrogen (secondary N) is 1. The van der Waals surface area contributed by atoms with Crippen molar-refractivity contribution < 1.29 is 19.1 Å². The summed E-state index contributed by atoms with van der Waals surface area (Å²) in [6.45, 7) is 0.410. The van der Waals surface area contributed by atoms with Crippen LogP contribution in [-0.4, -0.2) is 28.6 Å². The zero-order valence-corrected chi connectivity index (χ0v) is 18.7. The molecule has 6 nitrogen and oxygen atoms in total. The van der Waals surface area contributed by atoms with Crippen molar-refractivity contribution >= 4 is 34.6 Å². The maximum Gasteiger partial charge on any atom is 0.163 e. The number of ketones is 2. The predicted molar refractivity (Wildman–Crippen MR) is 133 cm³/mol. The van der Waals surface area contributed by atoms with Crippen LogP contribution in [0.15, 0.2) is 85.3 Å². The summed E-state index contributed by atoms with van der Waals surface area (Å²) in [4.78, 5) is 31.7. The molecule has 0 aliphatic rings. The van der Waals surface area contributed by atoms with Gasteiger partial charge in [0, 0.05) is 41.1 Å². The number of benzene rings is 2. The van der Waals surface area contributed by atoms with E-state index < -0.39 is 0 Å². The molecule has 0 bridgehead atoms. The quantitative estimate of drug-likeness (QED) is 0.257. The van der Waals surface area contributed by atoms with Gasteiger partial charge in [-0.15, -0.1) is 0 Å². The summed E-state index contributed by atoms with van der Waals surface area (Å²) in [6.07, 6.45) is 11.3. The topological polar surface area (TPSA) is 81.3 Å². The van der Waals surface area contributed by atoms with Gasteiger partial charge in [0.15, 0.2) is 11.6 Å². The first kappa shape index (κ1) is 22.7. The van der Waals surface area contributed by atoms with Crippen molar-refractivity contribution in [1.82, 2.24) is 9.97 Å². The first-order chi connectivity index (χ1) is 16.6. The van der Waals surface area contributed by atoms with Crippen LogP contribution in [0, 0.1) is 0 Å². The number of para-hydroxylation sites is 1. The van der Waals surface area contributed by atoms with Crippen molar-refractivity contribution in [2.75, 3.05) is 7.11 Å². The van der Waals surface area contributed by atoms with Crippen LogP contribution in [0.2, 0.25) is 0 Å². The SMILES string of the molecule is COc1cc(OCc2ccncc2)ccc1/C=C/C(=O)CC(=O)/C=C/c1c[nH]c2ccccc12. The van der Waals surface area contributed by atoms with Gasteiger partial charge >= 0.3 is 0 Å². The van der Waals surface area contributed by atoms with Crippen LogP contribution in [0.1, 0.15) is 23.1 Å². The molecule has 1 N–H and O–H groups in total. The highest BCUT2D eigenvalue weighted by atomic mass is 16.5. The minimum absolute atomic E-state index is 0.204. The summed E-state index contributed by atoms with van der Waals surface area (Å²) >= 11 is 0. The van der Waals surface area contributed by atoms with Crippen molar-refractivity contribution in [2.45, 2.75) is 13.0 Å². The van der Waals surface area contributed by atoms with Crippen molar-refractivity contribution in [3.63, 3.8) is 0 Å². The number of hydrogen-bond acceptors (Lipinski definition) is 5. The maximum absolute atomic E-state index is 12.3. The van der Waals surface area contributed by atoms with Crippen LogP contribution in [0.3, 0.4) is 0 Å². The van der Waals surface area contributed by atoms with Crippen LogP contribution in [0.5, 0.6) is 11.5 Å². The van der Waals surface area contributed by atoms with E-state index in [9.17, 15) is 9.59 Å². The van der Waals surface area contributed by atoms with Crippen molar-refractivity contribution in [2.24, 2.45) is 0 Å². The number of carbonyl (C=O) groups is 2. The van der Waals surface area contributed by atoms with Gasteiger partial charge in [-0.2, -0.15) is 0 Å². The molecule has 34 heavy (non-hydrogen) atoms. The van der Waals surface area contributed by atoms with E-state index in [1.807, 2.05) is 54.7 Å². The Kier molecular flexibility index (Phi) is 7.30. The predicted octanol–water partition coefficient (Wildman–Crippen LogP) is 5.41. The van der Waals surface area contributed by atoms with E-state index in [0.717, 1.165) is 22.0 Å². The minimum Gasteiger partial charge on any atom is -0.496 e. The Balaban J connectivity index is 1.34. The molecule has 2 heterocycles. The number of pyridine rings is 1. The van der Waals surface area contributed by atoms with E-state index in [4.69, 9.17) is 9.47 Å². The molecule has 0 aliphatic heterocycles. The highest BCUT2D eigenvalue weighted by Gasteiger charge is 2.07. The highest BCUT2D eigenvalue weighted by molar-refractivity contribution is 6.11. The van der Waals surface area contributed by atoms with Gasteiger partial charge in [0.05, 0.1) is 13.5 Å². The summed E-state index contributed by atoms with van der Waals surface area (Å²) in [5, 5.41) is 1.03. The monoisotopic (exact) mass is 452 g/mol. The number of H-pyrrole nitrogens is 1. The molecule has 0 amide bonds. The second kappa shape index (κ2) is 10.9. The number of carbonyl (C=O) groups excluding carboxylic acids is 2. The summed E-state index contributed by atoms with van der Waals surface area (Å²) in [5.41, 5.74) is 3.63. The lowest BCUT2D eigenvalue weighted by molar-refractivity contribution is -0.121. The molecule has 0 radical (unpaired) electrons. The molecule has 4 aromatic rings. The van der Waals surface area contributed by atoms with Crippen LogP contribution in [0.25, 0.3) is 23.1 Å². The fourth-order valence-electron chi connectivity index (χ4n) is 3.45. The maximum atomic E-state index is 12.3. The average molecular weight is 453 g/mol. The number of aromatic amines is 1. The first-order valence-corrected chi connectivity index (χ1v) is 10.8. The highest BCUT2D eigenvalue weighted by Crippen LogP contribution is 2.26. The minimum atomic E-state index is -0.284. The molecule has 0 saturated heterocycles. The molecule has 0 spiro atoms. The van der Waals surface area contributed by atoms with Gasteiger partial charge in [-0.05, 0) is 65.8 Å². The average Bonchev–Trinajstić information content (AvgIpc) is 3.29. The van der Waals surface area contributed by atoms with Crippen molar-refractivity contribution in [1.29, 1.82) is 0 Å². The lowest BCUT2D eigenvalue weighted by Gasteiger charge is -2.10. The largest absolute Gasteiger partial charge is 0.496 e. The third-order valence-corrected chi connectivity index (χ3v) is 5.23. The van der Waals surface area contributed by atoms with Crippen LogP contribution >= 0.6 is 0 Å². The molecular formula is C28H24N2O4. The van der Waals surface area contributed by atoms with Gasteiger partial charge in [-0.25, -0.2) is 0 Å². The lowest BCUT2D eigenvalue weighted by Crippen LogP contribution is -2.02. The summed E-state index contributed by atoms with van der Waals surface area (Å²) < 4.78 is 11.2. The third-order valence-electron chi connectivity index (χ3n) is 5.23. The Morgan fingerprint density at radius 3 is 2.44 bits per heavy atom. The Bertz CT molecular complexity index is 1350. The molecule has 0 saturated carbocycles. The summed E-state index contributed by atoms with van der Waals surface area (Å²) in [7, 11) is 1.56. The number of nitrogens with zero attached hydrogens (tertiary/aromatic N) is 1. The van der Waals surface area contributed by atoms with Gasteiger partial charge in [0.2, 0.25) is 0 Å². The van der Waals surface area contributed by atoms with Crippen LogP contribution in [-0.2, 0) is 16.2 Å². The smallest absolute Gasteiger partial charge is 0.163 e. The fraction of sp³-hybridized carbons (Fsp3) is 0.107. The normalized spacial score (nSPS) is 11.3. The van der Waals surface area contributed by atoms with Gasteiger partial charge in [0.1, 0.15) is 18.1 Å². The van der Waals surface area contributed by atoms with Gasteiger partial charge < -0.3 is 14.5 Å². The van der Waals surface area contributed by atoms with E-state index in [-0.39, 0.29) is 18.0 Å². The second-order valence-corrected chi connectivity index (χ2v) is 7.61. The molecule has 2 aromatic heterocycles. The molecule has 0 fully saturated rings. The molecule has 6 heteroatoms. The fourth-order valence-corrected chi connectivity index (χ4v) is 3.45. The summed E-state index contributed by atoms with van der Waals surface area (Å²) in [6, 6.07) is 17.0. The molecule has 4 rings (SSSR count). The number of aromatic nitrogens is 2. The Morgan fingerprint density at radius 1 is 0.941 bits per heavy atom. The van der Waals surface area contributed by atoms with E-state index in [1.165, 1.54) is 12.2 Å². The Morgan fingerprint density at radius 2 is 1.68 bits per heavy atom. The molecule has 2 aromatic carbocycles. The number of methoxy groups -OCH3 is 1. The Labute approximate surface area is 197 Å². The van der Waals surface area contributed by atoms with Gasteiger partial charge in [0.25, 0.3) is 0 Å². The molecular weight excluding hydrogens is 428 g/mol. The van der Waals surface area contributed by atoms with E-state index >= 15 is 0 Å². The molecule has 0 unspecified atom stereocenters. The second-order valence-electron chi connectivity index (χ2n) is 7.61. The lowest BCUT2D eigenvalue weighted by atomic mass is 10.1. The number of ether oxygens (including phenoxy) is 2. The van der Waals surface area contributed by atoms with Crippen LogP contribution < -0.4 is 9.47 Å². The number of rotatable bonds is 10. The zero-order chi connectivity index (χ0) is 23.8. The standard InChI is InChI=1S/C28H24N2O4/c1-33-28-17-25(34-19-20-12-14-29-15-13-20)11-8-21(28)6-9-23(31)16-24(32)10-7-22-18-30-27-5-3-2-4-26(22)27/h2-15,17-18,30H,16,19H2,1H3/b9-6+,10-7+. The van der Waals surface area contributed by atoms with Crippen molar-refractivity contribution in [3.8, 4) is 11.5 Å². The number of hydrogen-bond donors (Lipinski definition) is 1. The van der Waals surface area contributed by atoms with Gasteiger partial charge in [-0.3, -0.25) is 14.6 Å². The third kappa shape index (κ3) is 5.86. The number of fused-ring (bicyclic) bond motifs is 1. The first-order valence-electron chi connectivity index (χ1n) is 10.8. The molecule has 0 aliphatic carbocycles. The van der Waals surface area contributed by atoms with Gasteiger partial charge in [-0.1, -0.05) is 18.2 Å². The van der Waals surface area contributed by atoms with Crippen LogP contribution in [0.4, 0.5) is 0 Å². The molecule has 170 valence electrons. The van der Waals surface area contributed by atoms with E-state index in [2.05, 4.69) is 9.97 Å². The zero-order valence-electron chi connectivity index (χ0n) is 18.7. The van der Waals surface area contributed by atoms with E-state index in [0.29, 0.717) is 23.7 Å². The van der Waals surface area contributed by atoms with E-state index in [1.54, 1.807) is 37.7 Å².